The number of benzene rings is 1. The molecule has 1 atom stereocenters. The number of aliphatic hydroxyl groups excluding tert-OH is 1. The van der Waals surface area contributed by atoms with Crippen LogP contribution < -0.4 is 0 Å². The first-order valence-electron chi connectivity index (χ1n) is 5.86. The normalized spacial score (nSPS) is 13.2. The summed E-state index contributed by atoms with van der Waals surface area (Å²) in [4.78, 5) is 0. The summed E-state index contributed by atoms with van der Waals surface area (Å²) in [5.41, 5.74) is 3.13. The van der Waals surface area contributed by atoms with E-state index in [1.165, 1.54) is 0 Å². The Kier molecular flexibility index (Phi) is 4.82. The third kappa shape index (κ3) is 3.50. The average molecular weight is 241 g/mol. The van der Waals surface area contributed by atoms with Crippen molar-refractivity contribution in [3.05, 3.63) is 33.8 Å². The lowest BCUT2D eigenvalue weighted by Gasteiger charge is -2.16. The molecule has 0 heterocycles. The van der Waals surface area contributed by atoms with Gasteiger partial charge in [-0.25, -0.2) is 0 Å². The van der Waals surface area contributed by atoms with Gasteiger partial charge in [-0.05, 0) is 55.4 Å². The number of halogens is 1. The zero-order valence-corrected chi connectivity index (χ0v) is 11.3. The highest BCUT2D eigenvalue weighted by molar-refractivity contribution is 6.31. The van der Waals surface area contributed by atoms with Crippen molar-refractivity contribution in [2.45, 2.75) is 46.6 Å². The van der Waals surface area contributed by atoms with E-state index in [0.29, 0.717) is 5.92 Å². The van der Waals surface area contributed by atoms with Crippen LogP contribution in [0.4, 0.5) is 0 Å². The zero-order chi connectivity index (χ0) is 12.3. The molecule has 1 N–H and O–H groups in total. The van der Waals surface area contributed by atoms with Crippen LogP contribution >= 0.6 is 11.6 Å². The van der Waals surface area contributed by atoms with E-state index in [1.807, 2.05) is 26.0 Å². The molecule has 1 nitrogen and oxygen atoms in total. The van der Waals surface area contributed by atoms with Crippen LogP contribution in [0, 0.1) is 19.8 Å². The fraction of sp³-hybridized carbons (Fsp3) is 0.571. The quantitative estimate of drug-likeness (QED) is 0.826. The van der Waals surface area contributed by atoms with Gasteiger partial charge in [-0.1, -0.05) is 31.5 Å². The molecule has 0 radical (unpaired) electrons. The van der Waals surface area contributed by atoms with Crippen LogP contribution in [0.3, 0.4) is 0 Å². The summed E-state index contributed by atoms with van der Waals surface area (Å²) < 4.78 is 0. The maximum Gasteiger partial charge on any atom is 0.0792 e. The molecule has 16 heavy (non-hydrogen) atoms. The average Bonchev–Trinajstić information content (AvgIpc) is 2.20. The Hall–Kier alpha value is -0.530. The van der Waals surface area contributed by atoms with Gasteiger partial charge in [-0.2, -0.15) is 0 Å². The highest BCUT2D eigenvalue weighted by Gasteiger charge is 2.12. The van der Waals surface area contributed by atoms with Gasteiger partial charge >= 0.3 is 0 Å². The summed E-state index contributed by atoms with van der Waals surface area (Å²) in [5.74, 6) is 0.628. The van der Waals surface area contributed by atoms with Crippen molar-refractivity contribution < 1.29 is 5.11 Å². The molecule has 0 spiro atoms. The summed E-state index contributed by atoms with van der Waals surface area (Å²) in [6.45, 7) is 8.32. The van der Waals surface area contributed by atoms with Crippen LogP contribution in [0.5, 0.6) is 0 Å². The van der Waals surface area contributed by atoms with E-state index < -0.39 is 0 Å². The predicted octanol–water partition coefficient (Wildman–Crippen LogP) is 4.43. The molecule has 0 saturated heterocycles. The molecule has 0 aromatic heterocycles. The van der Waals surface area contributed by atoms with E-state index in [4.69, 9.17) is 11.6 Å². The van der Waals surface area contributed by atoms with Gasteiger partial charge in [0.25, 0.3) is 0 Å². The summed E-state index contributed by atoms with van der Waals surface area (Å²) >= 11 is 6.04. The van der Waals surface area contributed by atoms with Crippen LogP contribution in [-0.2, 0) is 0 Å². The molecule has 0 bridgehead atoms. The van der Waals surface area contributed by atoms with Gasteiger partial charge in [-0.3, -0.25) is 0 Å². The number of hydrogen-bond acceptors (Lipinski definition) is 1. The van der Waals surface area contributed by atoms with Crippen molar-refractivity contribution in [3.8, 4) is 0 Å². The van der Waals surface area contributed by atoms with E-state index in [-0.39, 0.29) is 6.10 Å². The lowest BCUT2D eigenvalue weighted by Crippen LogP contribution is -2.02. The first-order valence-corrected chi connectivity index (χ1v) is 6.24. The Bertz CT molecular complexity index is 358. The van der Waals surface area contributed by atoms with Gasteiger partial charge < -0.3 is 5.11 Å². The summed E-state index contributed by atoms with van der Waals surface area (Å²) in [7, 11) is 0. The van der Waals surface area contributed by atoms with Gasteiger partial charge in [-0.15, -0.1) is 0 Å². The first-order chi connectivity index (χ1) is 7.41. The second-order valence-corrected chi connectivity index (χ2v) is 5.35. The maximum absolute atomic E-state index is 10.1. The van der Waals surface area contributed by atoms with Crippen LogP contribution in [0.1, 0.15) is 49.5 Å². The van der Waals surface area contributed by atoms with Gasteiger partial charge in [0.2, 0.25) is 0 Å². The van der Waals surface area contributed by atoms with E-state index in [1.54, 1.807) is 0 Å². The van der Waals surface area contributed by atoms with Crippen LogP contribution in [0.25, 0.3) is 0 Å². The molecule has 1 aromatic carbocycles. The molecule has 0 aliphatic heterocycles. The molecule has 2 heteroatoms. The SMILES string of the molecule is Cc1cc(C(O)CCC(C)C)c(C)cc1Cl. The van der Waals surface area contributed by atoms with Gasteiger partial charge in [0.15, 0.2) is 0 Å². The lowest BCUT2D eigenvalue weighted by atomic mass is 9.95. The first kappa shape index (κ1) is 13.5. The maximum atomic E-state index is 10.1. The second-order valence-electron chi connectivity index (χ2n) is 4.94. The number of hydrogen-bond donors (Lipinski definition) is 1. The molecule has 1 aromatic rings. The monoisotopic (exact) mass is 240 g/mol. The Morgan fingerprint density at radius 1 is 1.12 bits per heavy atom. The van der Waals surface area contributed by atoms with Gasteiger partial charge in [0.05, 0.1) is 6.10 Å². The van der Waals surface area contributed by atoms with Crippen molar-refractivity contribution in [2.24, 2.45) is 5.92 Å². The summed E-state index contributed by atoms with van der Waals surface area (Å²) in [6, 6.07) is 3.94. The van der Waals surface area contributed by atoms with Crippen molar-refractivity contribution in [3.63, 3.8) is 0 Å². The van der Waals surface area contributed by atoms with Crippen molar-refractivity contribution in [2.75, 3.05) is 0 Å². The van der Waals surface area contributed by atoms with Crippen molar-refractivity contribution >= 4 is 11.6 Å². The Morgan fingerprint density at radius 2 is 1.75 bits per heavy atom. The topological polar surface area (TPSA) is 20.2 Å². The molecule has 0 amide bonds. The minimum absolute atomic E-state index is 0.363. The smallest absolute Gasteiger partial charge is 0.0792 e. The summed E-state index contributed by atoms with van der Waals surface area (Å²) in [6.07, 6.45) is 1.50. The molecule has 90 valence electrons. The van der Waals surface area contributed by atoms with Crippen LogP contribution in [-0.4, -0.2) is 5.11 Å². The molecule has 0 aliphatic carbocycles. The molecule has 1 unspecified atom stereocenters. The molecular formula is C14H21ClO. The third-order valence-corrected chi connectivity index (χ3v) is 3.33. The van der Waals surface area contributed by atoms with Crippen LogP contribution in [0.2, 0.25) is 5.02 Å². The minimum Gasteiger partial charge on any atom is -0.388 e. The van der Waals surface area contributed by atoms with Crippen LogP contribution in [0.15, 0.2) is 12.1 Å². The standard InChI is InChI=1S/C14H21ClO/c1-9(2)5-6-14(16)12-7-11(4)13(15)8-10(12)3/h7-9,14,16H,5-6H2,1-4H3. The summed E-state index contributed by atoms with van der Waals surface area (Å²) in [5, 5.41) is 10.9. The zero-order valence-electron chi connectivity index (χ0n) is 10.5. The number of aryl methyl sites for hydroxylation is 2. The van der Waals surface area contributed by atoms with E-state index in [0.717, 1.165) is 34.6 Å². The predicted molar refractivity (Wildman–Crippen MR) is 70.0 cm³/mol. The molecule has 1 rings (SSSR count). The van der Waals surface area contributed by atoms with Gasteiger partial charge in [0, 0.05) is 5.02 Å². The second kappa shape index (κ2) is 5.70. The van der Waals surface area contributed by atoms with E-state index >= 15 is 0 Å². The minimum atomic E-state index is -0.363. The Balaban J connectivity index is 2.82. The fourth-order valence-electron chi connectivity index (χ4n) is 1.81. The number of aliphatic hydroxyl groups is 1. The largest absolute Gasteiger partial charge is 0.388 e. The molecular weight excluding hydrogens is 220 g/mol. The number of rotatable bonds is 4. The fourth-order valence-corrected chi connectivity index (χ4v) is 2.03. The molecule has 0 fully saturated rings. The Labute approximate surface area is 103 Å². The highest BCUT2D eigenvalue weighted by Crippen LogP contribution is 2.28. The molecule has 0 aliphatic rings. The lowest BCUT2D eigenvalue weighted by molar-refractivity contribution is 0.158. The third-order valence-electron chi connectivity index (χ3n) is 2.92. The van der Waals surface area contributed by atoms with Crippen molar-refractivity contribution in [1.29, 1.82) is 0 Å². The highest BCUT2D eigenvalue weighted by atomic mass is 35.5. The molecule has 0 saturated carbocycles. The van der Waals surface area contributed by atoms with Crippen molar-refractivity contribution in [1.82, 2.24) is 0 Å². The van der Waals surface area contributed by atoms with Gasteiger partial charge in [0.1, 0.15) is 0 Å². The van der Waals surface area contributed by atoms with E-state index in [2.05, 4.69) is 13.8 Å². The van der Waals surface area contributed by atoms with E-state index in [9.17, 15) is 5.11 Å². The Morgan fingerprint density at radius 3 is 2.31 bits per heavy atom.